The molecule has 0 spiro atoms. The van der Waals surface area contributed by atoms with Gasteiger partial charge in [-0.05, 0) is 56.6 Å². The van der Waals surface area contributed by atoms with Crippen LogP contribution in [0.1, 0.15) is 29.1 Å². The second-order valence-corrected chi connectivity index (χ2v) is 7.22. The third-order valence-corrected chi connectivity index (χ3v) is 5.20. The molecule has 1 N–H and O–H groups in total. The van der Waals surface area contributed by atoms with Crippen molar-refractivity contribution < 1.29 is 9.84 Å². The Bertz CT molecular complexity index is 970. The molecule has 5 nitrogen and oxygen atoms in total. The van der Waals surface area contributed by atoms with Crippen molar-refractivity contribution in [1.29, 1.82) is 0 Å². The van der Waals surface area contributed by atoms with E-state index < -0.39 is 0 Å². The van der Waals surface area contributed by atoms with Gasteiger partial charge < -0.3 is 9.84 Å². The summed E-state index contributed by atoms with van der Waals surface area (Å²) < 4.78 is 5.53. The monoisotopic (exact) mass is 375 g/mol. The van der Waals surface area contributed by atoms with Crippen molar-refractivity contribution >= 4 is 0 Å². The molecule has 2 aromatic carbocycles. The Morgan fingerprint density at radius 1 is 1.07 bits per heavy atom. The van der Waals surface area contributed by atoms with Gasteiger partial charge in [0.15, 0.2) is 0 Å². The van der Waals surface area contributed by atoms with Gasteiger partial charge in [-0.15, -0.1) is 0 Å². The Morgan fingerprint density at radius 2 is 1.86 bits per heavy atom. The largest absolute Gasteiger partial charge is 0.508 e. The number of rotatable bonds is 4. The number of aromatic hydroxyl groups is 1. The first-order valence-corrected chi connectivity index (χ1v) is 9.64. The topological polar surface area (TPSA) is 58.5 Å². The van der Waals surface area contributed by atoms with Crippen LogP contribution in [0.4, 0.5) is 0 Å². The SMILES string of the molecule is COc1ccccc1CN1CCCc2nc(C)nc(-c3ccc(O)cc3)c2C1. The van der Waals surface area contributed by atoms with Crippen LogP contribution < -0.4 is 4.74 Å². The Kier molecular flexibility index (Phi) is 5.26. The minimum Gasteiger partial charge on any atom is -0.508 e. The van der Waals surface area contributed by atoms with E-state index in [0.717, 1.165) is 61.0 Å². The van der Waals surface area contributed by atoms with Gasteiger partial charge in [0.2, 0.25) is 0 Å². The van der Waals surface area contributed by atoms with Gasteiger partial charge in [0.05, 0.1) is 12.8 Å². The van der Waals surface area contributed by atoms with Crippen LogP contribution in [0.25, 0.3) is 11.3 Å². The summed E-state index contributed by atoms with van der Waals surface area (Å²) >= 11 is 0. The highest BCUT2D eigenvalue weighted by atomic mass is 16.5. The molecule has 0 fully saturated rings. The summed E-state index contributed by atoms with van der Waals surface area (Å²) in [7, 11) is 1.72. The van der Waals surface area contributed by atoms with Crippen LogP contribution in [0.5, 0.6) is 11.5 Å². The predicted molar refractivity (Wildman–Crippen MR) is 109 cm³/mol. The van der Waals surface area contributed by atoms with Gasteiger partial charge in [0.25, 0.3) is 0 Å². The molecule has 144 valence electrons. The molecule has 2 heterocycles. The first kappa shape index (κ1) is 18.4. The molecular weight excluding hydrogens is 350 g/mol. The molecule has 1 aliphatic rings. The lowest BCUT2D eigenvalue weighted by Crippen LogP contribution is -2.23. The molecule has 28 heavy (non-hydrogen) atoms. The smallest absolute Gasteiger partial charge is 0.126 e. The minimum absolute atomic E-state index is 0.262. The Hall–Kier alpha value is -2.92. The third kappa shape index (κ3) is 3.85. The standard InChI is InChI=1S/C23H25N3O2/c1-16-24-21-7-5-13-26(14-18-6-3-4-8-22(18)28-2)15-20(21)23(25-16)17-9-11-19(27)12-10-17/h3-4,6,8-12,27H,5,7,13-15H2,1-2H3. The van der Waals surface area contributed by atoms with E-state index in [1.807, 2.05) is 31.2 Å². The van der Waals surface area contributed by atoms with Crippen LogP contribution in [0.15, 0.2) is 48.5 Å². The molecule has 1 aliphatic heterocycles. The third-order valence-electron chi connectivity index (χ3n) is 5.20. The van der Waals surface area contributed by atoms with Gasteiger partial charge in [0, 0.05) is 35.5 Å². The number of phenols is 1. The lowest BCUT2D eigenvalue weighted by molar-refractivity contribution is 0.256. The number of phenolic OH excluding ortho intramolecular Hbond substituents is 1. The fourth-order valence-corrected chi connectivity index (χ4v) is 3.87. The maximum Gasteiger partial charge on any atom is 0.126 e. The lowest BCUT2D eigenvalue weighted by atomic mass is 10.0. The van der Waals surface area contributed by atoms with Gasteiger partial charge in [-0.2, -0.15) is 0 Å². The van der Waals surface area contributed by atoms with E-state index in [1.165, 1.54) is 11.1 Å². The fraction of sp³-hybridized carbons (Fsp3) is 0.304. The Morgan fingerprint density at radius 3 is 2.64 bits per heavy atom. The molecule has 4 rings (SSSR count). The van der Waals surface area contributed by atoms with Gasteiger partial charge in [-0.1, -0.05) is 18.2 Å². The van der Waals surface area contributed by atoms with Crippen LogP contribution in [0.2, 0.25) is 0 Å². The summed E-state index contributed by atoms with van der Waals surface area (Å²) in [4.78, 5) is 11.9. The fourth-order valence-electron chi connectivity index (χ4n) is 3.87. The van der Waals surface area contributed by atoms with Gasteiger partial charge in [-0.25, -0.2) is 9.97 Å². The lowest BCUT2D eigenvalue weighted by Gasteiger charge is -2.22. The first-order valence-electron chi connectivity index (χ1n) is 9.64. The number of ether oxygens (including phenoxy) is 1. The van der Waals surface area contributed by atoms with E-state index in [1.54, 1.807) is 19.2 Å². The van der Waals surface area contributed by atoms with E-state index >= 15 is 0 Å². The average Bonchev–Trinajstić information content (AvgIpc) is 2.90. The molecular formula is C23H25N3O2. The van der Waals surface area contributed by atoms with Crippen molar-refractivity contribution in [3.05, 3.63) is 71.2 Å². The maximum atomic E-state index is 9.64. The molecule has 0 aliphatic carbocycles. The van der Waals surface area contributed by atoms with Crippen LogP contribution in [-0.2, 0) is 19.5 Å². The predicted octanol–water partition coefficient (Wildman–Crippen LogP) is 4.11. The van der Waals surface area contributed by atoms with Crippen molar-refractivity contribution in [3.63, 3.8) is 0 Å². The van der Waals surface area contributed by atoms with Crippen molar-refractivity contribution in [2.45, 2.75) is 32.9 Å². The van der Waals surface area contributed by atoms with E-state index in [-0.39, 0.29) is 5.75 Å². The molecule has 0 saturated carbocycles. The van der Waals surface area contributed by atoms with Crippen LogP contribution in [-0.4, -0.2) is 33.6 Å². The van der Waals surface area contributed by atoms with Crippen molar-refractivity contribution in [3.8, 4) is 22.8 Å². The number of para-hydroxylation sites is 1. The summed E-state index contributed by atoms with van der Waals surface area (Å²) in [5, 5.41) is 9.64. The number of fused-ring (bicyclic) bond motifs is 1. The normalized spacial score (nSPS) is 14.4. The molecule has 5 heteroatoms. The molecule has 1 aromatic heterocycles. The van der Waals surface area contributed by atoms with E-state index in [9.17, 15) is 5.11 Å². The first-order chi connectivity index (χ1) is 13.6. The van der Waals surface area contributed by atoms with Crippen molar-refractivity contribution in [2.75, 3.05) is 13.7 Å². The van der Waals surface area contributed by atoms with Crippen molar-refractivity contribution in [2.24, 2.45) is 0 Å². The summed E-state index contributed by atoms with van der Waals surface area (Å²) in [6.45, 7) is 4.57. The van der Waals surface area contributed by atoms with E-state index in [4.69, 9.17) is 14.7 Å². The number of methoxy groups -OCH3 is 1. The number of benzene rings is 2. The summed E-state index contributed by atoms with van der Waals surface area (Å²) in [5.74, 6) is 1.98. The summed E-state index contributed by atoms with van der Waals surface area (Å²) in [6.07, 6.45) is 2.01. The number of hydrogen-bond donors (Lipinski definition) is 1. The number of nitrogens with zero attached hydrogens (tertiary/aromatic N) is 3. The molecule has 0 saturated heterocycles. The zero-order chi connectivity index (χ0) is 19.5. The van der Waals surface area contributed by atoms with Crippen LogP contribution in [0, 0.1) is 6.92 Å². The highest BCUT2D eigenvalue weighted by molar-refractivity contribution is 5.65. The zero-order valence-corrected chi connectivity index (χ0v) is 16.4. The highest BCUT2D eigenvalue weighted by Gasteiger charge is 2.22. The highest BCUT2D eigenvalue weighted by Crippen LogP contribution is 2.30. The van der Waals surface area contributed by atoms with Gasteiger partial charge in [0.1, 0.15) is 17.3 Å². The second kappa shape index (κ2) is 7.98. The zero-order valence-electron chi connectivity index (χ0n) is 16.4. The Labute approximate surface area is 165 Å². The number of hydrogen-bond acceptors (Lipinski definition) is 5. The molecule has 3 aromatic rings. The number of aromatic nitrogens is 2. The van der Waals surface area contributed by atoms with Crippen LogP contribution in [0.3, 0.4) is 0 Å². The molecule has 0 amide bonds. The summed E-state index contributed by atoms with van der Waals surface area (Å²) in [6, 6.07) is 15.5. The molecule has 0 atom stereocenters. The maximum absolute atomic E-state index is 9.64. The van der Waals surface area contributed by atoms with Crippen molar-refractivity contribution in [1.82, 2.24) is 14.9 Å². The van der Waals surface area contributed by atoms with Crippen LogP contribution >= 0.6 is 0 Å². The average molecular weight is 375 g/mol. The molecule has 0 bridgehead atoms. The minimum atomic E-state index is 0.262. The quantitative estimate of drug-likeness (QED) is 0.743. The Balaban J connectivity index is 1.69. The molecule has 0 unspecified atom stereocenters. The van der Waals surface area contributed by atoms with Gasteiger partial charge >= 0.3 is 0 Å². The van der Waals surface area contributed by atoms with E-state index in [0.29, 0.717) is 0 Å². The molecule has 0 radical (unpaired) electrons. The number of aryl methyl sites for hydroxylation is 2. The summed E-state index contributed by atoms with van der Waals surface area (Å²) in [5.41, 5.74) is 5.49. The van der Waals surface area contributed by atoms with Gasteiger partial charge in [-0.3, -0.25) is 4.90 Å². The second-order valence-electron chi connectivity index (χ2n) is 7.22. The van der Waals surface area contributed by atoms with E-state index in [2.05, 4.69) is 17.0 Å².